The minimum Gasteiger partial charge on any atom is -0.306 e. The number of hydrogen-bond acceptors (Lipinski definition) is 1. The second-order valence-electron chi connectivity index (χ2n) is 4.60. The molecule has 1 rings (SSSR count). The lowest BCUT2D eigenvalue weighted by atomic mass is 9.91. The van der Waals surface area contributed by atoms with Crippen LogP contribution in [0.3, 0.4) is 0 Å². The molecule has 78 valence electrons. The SMILES string of the molecule is CCCCCCC1CCN(C)CC1. The van der Waals surface area contributed by atoms with Gasteiger partial charge in [0, 0.05) is 0 Å². The molecule has 1 aliphatic heterocycles. The normalized spacial score (nSPS) is 20.8. The number of likely N-dealkylation sites (tertiary alicyclic amines) is 1. The zero-order valence-electron chi connectivity index (χ0n) is 9.39. The first-order valence-corrected chi connectivity index (χ1v) is 6.01. The van der Waals surface area contributed by atoms with Gasteiger partial charge in [0.15, 0.2) is 0 Å². The van der Waals surface area contributed by atoms with Gasteiger partial charge in [-0.2, -0.15) is 0 Å². The van der Waals surface area contributed by atoms with Crippen LogP contribution in [0.2, 0.25) is 0 Å². The zero-order valence-corrected chi connectivity index (χ0v) is 9.39. The number of rotatable bonds is 5. The van der Waals surface area contributed by atoms with Crippen molar-refractivity contribution in [2.45, 2.75) is 51.9 Å². The maximum absolute atomic E-state index is 2.46. The first kappa shape index (κ1) is 11.0. The summed E-state index contributed by atoms with van der Waals surface area (Å²) in [5.74, 6) is 1.05. The molecule has 0 amide bonds. The van der Waals surface area contributed by atoms with Crippen molar-refractivity contribution in [2.75, 3.05) is 20.1 Å². The largest absolute Gasteiger partial charge is 0.306 e. The van der Waals surface area contributed by atoms with Crippen molar-refractivity contribution in [3.05, 3.63) is 0 Å². The first-order valence-electron chi connectivity index (χ1n) is 6.01. The Kier molecular flexibility index (Phi) is 5.45. The average Bonchev–Trinajstić information content (AvgIpc) is 2.15. The lowest BCUT2D eigenvalue weighted by molar-refractivity contribution is 0.209. The molecule has 0 N–H and O–H groups in total. The van der Waals surface area contributed by atoms with Gasteiger partial charge in [0.1, 0.15) is 0 Å². The van der Waals surface area contributed by atoms with Gasteiger partial charge in [0.25, 0.3) is 0 Å². The van der Waals surface area contributed by atoms with Crippen LogP contribution in [-0.2, 0) is 0 Å². The van der Waals surface area contributed by atoms with Gasteiger partial charge < -0.3 is 4.90 Å². The molecule has 0 unspecified atom stereocenters. The molecule has 0 bridgehead atoms. The van der Waals surface area contributed by atoms with E-state index >= 15 is 0 Å². The van der Waals surface area contributed by atoms with Crippen LogP contribution in [0.25, 0.3) is 0 Å². The van der Waals surface area contributed by atoms with E-state index in [0.29, 0.717) is 0 Å². The smallest absolute Gasteiger partial charge is 0.00191 e. The van der Waals surface area contributed by atoms with Crippen molar-refractivity contribution in [1.82, 2.24) is 4.90 Å². The Hall–Kier alpha value is -0.0400. The number of unbranched alkanes of at least 4 members (excludes halogenated alkanes) is 3. The van der Waals surface area contributed by atoms with Crippen LogP contribution in [0.15, 0.2) is 0 Å². The van der Waals surface area contributed by atoms with Gasteiger partial charge >= 0.3 is 0 Å². The molecule has 0 atom stereocenters. The number of piperidine rings is 1. The summed E-state index contributed by atoms with van der Waals surface area (Å²) in [7, 11) is 2.24. The standard InChI is InChI=1S/C12H25N/c1-3-4-5-6-7-12-8-10-13(2)11-9-12/h12H,3-11H2,1-2H3. The molecular formula is C12H25N. The molecule has 0 aromatic heterocycles. The topological polar surface area (TPSA) is 3.24 Å². The van der Waals surface area contributed by atoms with Gasteiger partial charge in [-0.1, -0.05) is 39.0 Å². The van der Waals surface area contributed by atoms with Crippen molar-refractivity contribution < 1.29 is 0 Å². The van der Waals surface area contributed by atoms with E-state index in [9.17, 15) is 0 Å². The summed E-state index contributed by atoms with van der Waals surface area (Å²) in [6.45, 7) is 4.95. The van der Waals surface area contributed by atoms with E-state index in [1.54, 1.807) is 0 Å². The van der Waals surface area contributed by atoms with E-state index in [1.165, 1.54) is 58.0 Å². The molecule has 1 heteroatoms. The van der Waals surface area contributed by atoms with E-state index in [-0.39, 0.29) is 0 Å². The predicted molar refractivity (Wildman–Crippen MR) is 59.0 cm³/mol. The summed E-state index contributed by atoms with van der Waals surface area (Å²) in [5, 5.41) is 0. The highest BCUT2D eigenvalue weighted by atomic mass is 15.1. The van der Waals surface area contributed by atoms with E-state index in [4.69, 9.17) is 0 Å². The average molecular weight is 183 g/mol. The van der Waals surface area contributed by atoms with Crippen LogP contribution < -0.4 is 0 Å². The maximum Gasteiger partial charge on any atom is -0.00191 e. The third-order valence-corrected chi connectivity index (χ3v) is 3.30. The van der Waals surface area contributed by atoms with Crippen molar-refractivity contribution in [3.63, 3.8) is 0 Å². The quantitative estimate of drug-likeness (QED) is 0.591. The van der Waals surface area contributed by atoms with Crippen LogP contribution >= 0.6 is 0 Å². The Labute approximate surface area is 83.5 Å². The van der Waals surface area contributed by atoms with E-state index < -0.39 is 0 Å². The second-order valence-corrected chi connectivity index (χ2v) is 4.60. The third-order valence-electron chi connectivity index (χ3n) is 3.30. The zero-order chi connectivity index (χ0) is 9.52. The fraction of sp³-hybridized carbons (Fsp3) is 1.00. The fourth-order valence-electron chi connectivity index (χ4n) is 2.21. The van der Waals surface area contributed by atoms with Gasteiger partial charge in [0.05, 0.1) is 0 Å². The summed E-state index contributed by atoms with van der Waals surface area (Å²) < 4.78 is 0. The Morgan fingerprint density at radius 3 is 2.38 bits per heavy atom. The highest BCUT2D eigenvalue weighted by molar-refractivity contribution is 4.69. The minimum absolute atomic E-state index is 1.05. The van der Waals surface area contributed by atoms with E-state index in [0.717, 1.165) is 5.92 Å². The predicted octanol–water partition coefficient (Wildman–Crippen LogP) is 3.30. The first-order chi connectivity index (χ1) is 6.33. The molecule has 13 heavy (non-hydrogen) atoms. The molecule has 1 aliphatic rings. The van der Waals surface area contributed by atoms with Crippen molar-refractivity contribution in [1.29, 1.82) is 0 Å². The highest BCUT2D eigenvalue weighted by Gasteiger charge is 2.15. The fourth-order valence-corrected chi connectivity index (χ4v) is 2.21. The van der Waals surface area contributed by atoms with Crippen LogP contribution in [0.1, 0.15) is 51.9 Å². The third kappa shape index (κ3) is 4.66. The summed E-state index contributed by atoms with van der Waals surface area (Å²) in [5.41, 5.74) is 0. The lowest BCUT2D eigenvalue weighted by Crippen LogP contribution is -2.30. The number of hydrogen-bond donors (Lipinski definition) is 0. The maximum atomic E-state index is 2.46. The van der Waals surface area contributed by atoms with E-state index in [2.05, 4.69) is 18.9 Å². The molecule has 0 aromatic rings. The molecule has 1 heterocycles. The second kappa shape index (κ2) is 6.42. The lowest BCUT2D eigenvalue weighted by Gasteiger charge is -2.28. The summed E-state index contributed by atoms with van der Waals surface area (Å²) in [4.78, 5) is 2.46. The Morgan fingerprint density at radius 2 is 1.77 bits per heavy atom. The van der Waals surface area contributed by atoms with E-state index in [1.807, 2.05) is 0 Å². The molecule has 1 nitrogen and oxygen atoms in total. The van der Waals surface area contributed by atoms with Crippen LogP contribution in [0.4, 0.5) is 0 Å². The molecule has 1 fully saturated rings. The van der Waals surface area contributed by atoms with Crippen LogP contribution in [0, 0.1) is 5.92 Å². The summed E-state index contributed by atoms with van der Waals surface area (Å²) >= 11 is 0. The van der Waals surface area contributed by atoms with Crippen molar-refractivity contribution in [2.24, 2.45) is 5.92 Å². The highest BCUT2D eigenvalue weighted by Crippen LogP contribution is 2.22. The Morgan fingerprint density at radius 1 is 1.08 bits per heavy atom. The number of nitrogens with zero attached hydrogens (tertiary/aromatic N) is 1. The molecule has 0 aromatic carbocycles. The molecular weight excluding hydrogens is 158 g/mol. The van der Waals surface area contributed by atoms with Gasteiger partial charge in [-0.15, -0.1) is 0 Å². The summed E-state index contributed by atoms with van der Waals surface area (Å²) in [6.07, 6.45) is 10.1. The van der Waals surface area contributed by atoms with Gasteiger partial charge in [-0.25, -0.2) is 0 Å². The molecule has 0 radical (unpaired) electrons. The summed E-state index contributed by atoms with van der Waals surface area (Å²) in [6, 6.07) is 0. The molecule has 0 spiro atoms. The van der Waals surface area contributed by atoms with Gasteiger partial charge in [0.2, 0.25) is 0 Å². The molecule has 1 saturated heterocycles. The Bertz CT molecular complexity index is 114. The van der Waals surface area contributed by atoms with Crippen LogP contribution in [0.5, 0.6) is 0 Å². The minimum atomic E-state index is 1.05. The van der Waals surface area contributed by atoms with Gasteiger partial charge in [-0.05, 0) is 38.9 Å². The monoisotopic (exact) mass is 183 g/mol. The molecule has 0 saturated carbocycles. The Balaban J connectivity index is 1.96. The van der Waals surface area contributed by atoms with Crippen molar-refractivity contribution >= 4 is 0 Å². The van der Waals surface area contributed by atoms with Gasteiger partial charge in [-0.3, -0.25) is 0 Å². The van der Waals surface area contributed by atoms with Crippen LogP contribution in [-0.4, -0.2) is 25.0 Å². The van der Waals surface area contributed by atoms with Crippen molar-refractivity contribution in [3.8, 4) is 0 Å². The molecule has 0 aliphatic carbocycles.